The molecular formula is C16H20N2O3. The van der Waals surface area contributed by atoms with Crippen molar-refractivity contribution in [3.63, 3.8) is 0 Å². The van der Waals surface area contributed by atoms with Crippen molar-refractivity contribution in [1.82, 2.24) is 5.32 Å². The van der Waals surface area contributed by atoms with Crippen molar-refractivity contribution in [2.24, 2.45) is 11.7 Å². The molecule has 1 aromatic carbocycles. The first-order chi connectivity index (χ1) is 9.95. The molecule has 4 N–H and O–H groups in total. The van der Waals surface area contributed by atoms with Gasteiger partial charge in [0.15, 0.2) is 0 Å². The number of amides is 2. The Hall–Kier alpha value is -2.32. The van der Waals surface area contributed by atoms with Gasteiger partial charge in [-0.15, -0.1) is 0 Å². The van der Waals surface area contributed by atoms with Crippen molar-refractivity contribution in [2.75, 3.05) is 6.61 Å². The van der Waals surface area contributed by atoms with Crippen LogP contribution in [0.5, 0.6) is 0 Å². The van der Waals surface area contributed by atoms with E-state index in [-0.39, 0.29) is 18.4 Å². The number of primary amides is 1. The Morgan fingerprint density at radius 1 is 1.38 bits per heavy atom. The maximum atomic E-state index is 12.1. The van der Waals surface area contributed by atoms with Gasteiger partial charge in [0, 0.05) is 17.5 Å². The Morgan fingerprint density at radius 3 is 2.67 bits per heavy atom. The number of carbonyl (C=O) groups excluding carboxylic acids is 2. The quantitative estimate of drug-likeness (QED) is 0.695. The average Bonchev–Trinajstić information content (AvgIpc) is 2.44. The second-order valence-electron chi connectivity index (χ2n) is 4.95. The van der Waals surface area contributed by atoms with Crippen molar-refractivity contribution in [3.8, 4) is 11.8 Å². The molecule has 21 heavy (non-hydrogen) atoms. The fourth-order valence-electron chi connectivity index (χ4n) is 1.75. The monoisotopic (exact) mass is 288 g/mol. The van der Waals surface area contributed by atoms with Gasteiger partial charge < -0.3 is 16.2 Å². The summed E-state index contributed by atoms with van der Waals surface area (Å²) in [6, 6.07) is 6.06. The number of benzene rings is 1. The topological polar surface area (TPSA) is 92.4 Å². The Morgan fingerprint density at radius 2 is 2.10 bits per heavy atom. The highest BCUT2D eigenvalue weighted by Gasteiger charge is 2.22. The molecule has 1 unspecified atom stereocenters. The molecule has 0 fully saturated rings. The van der Waals surface area contributed by atoms with Crippen LogP contribution in [0, 0.1) is 17.8 Å². The molecule has 0 spiro atoms. The SMILES string of the molecule is CC(C)C(NC(=O)c1cccc(C#CCCO)c1)C(N)=O. The number of aliphatic hydroxyl groups excluding tert-OH is 1. The third-order valence-corrected chi connectivity index (χ3v) is 2.85. The fraction of sp³-hybridized carbons (Fsp3) is 0.375. The molecule has 0 bridgehead atoms. The molecule has 1 atom stereocenters. The smallest absolute Gasteiger partial charge is 0.251 e. The van der Waals surface area contributed by atoms with Gasteiger partial charge in [-0.05, 0) is 24.1 Å². The lowest BCUT2D eigenvalue weighted by Crippen LogP contribution is -2.47. The number of hydrogen-bond acceptors (Lipinski definition) is 3. The van der Waals surface area contributed by atoms with Crippen LogP contribution in [0.25, 0.3) is 0 Å². The first-order valence-corrected chi connectivity index (χ1v) is 6.75. The van der Waals surface area contributed by atoms with Crippen LogP contribution < -0.4 is 11.1 Å². The second kappa shape index (κ2) is 8.08. The van der Waals surface area contributed by atoms with Gasteiger partial charge in [-0.25, -0.2) is 0 Å². The molecule has 5 heteroatoms. The lowest BCUT2D eigenvalue weighted by atomic mass is 10.0. The van der Waals surface area contributed by atoms with Gasteiger partial charge in [-0.2, -0.15) is 0 Å². The number of rotatable bonds is 5. The lowest BCUT2D eigenvalue weighted by Gasteiger charge is -2.18. The Balaban J connectivity index is 2.86. The minimum Gasteiger partial charge on any atom is -0.395 e. The fourth-order valence-corrected chi connectivity index (χ4v) is 1.75. The third kappa shape index (κ3) is 5.28. The molecule has 112 valence electrons. The zero-order valence-electron chi connectivity index (χ0n) is 12.2. The van der Waals surface area contributed by atoms with Gasteiger partial charge in [-0.1, -0.05) is 31.8 Å². The zero-order chi connectivity index (χ0) is 15.8. The van der Waals surface area contributed by atoms with Crippen LogP contribution in [0.15, 0.2) is 24.3 Å². The van der Waals surface area contributed by atoms with Crippen molar-refractivity contribution in [2.45, 2.75) is 26.3 Å². The predicted molar refractivity (Wildman–Crippen MR) is 80.3 cm³/mol. The molecule has 2 amide bonds. The first kappa shape index (κ1) is 16.7. The summed E-state index contributed by atoms with van der Waals surface area (Å²) in [5.74, 6) is 4.64. The van der Waals surface area contributed by atoms with E-state index in [1.807, 2.05) is 13.8 Å². The molecule has 0 aliphatic heterocycles. The molecular weight excluding hydrogens is 268 g/mol. The highest BCUT2D eigenvalue weighted by Crippen LogP contribution is 2.07. The summed E-state index contributed by atoms with van der Waals surface area (Å²) < 4.78 is 0. The number of carbonyl (C=O) groups is 2. The first-order valence-electron chi connectivity index (χ1n) is 6.75. The molecule has 0 aromatic heterocycles. The molecule has 0 radical (unpaired) electrons. The van der Waals surface area contributed by atoms with Crippen LogP contribution in [0.3, 0.4) is 0 Å². The van der Waals surface area contributed by atoms with E-state index in [9.17, 15) is 9.59 Å². The minimum atomic E-state index is -0.707. The summed E-state index contributed by atoms with van der Waals surface area (Å²) in [6.07, 6.45) is 0.382. The van der Waals surface area contributed by atoms with Gasteiger partial charge >= 0.3 is 0 Å². The summed E-state index contributed by atoms with van der Waals surface area (Å²) >= 11 is 0. The van der Waals surface area contributed by atoms with Gasteiger partial charge in [0.25, 0.3) is 5.91 Å². The maximum Gasteiger partial charge on any atom is 0.251 e. The van der Waals surface area contributed by atoms with E-state index in [1.54, 1.807) is 24.3 Å². The third-order valence-electron chi connectivity index (χ3n) is 2.85. The maximum absolute atomic E-state index is 12.1. The van der Waals surface area contributed by atoms with E-state index in [4.69, 9.17) is 10.8 Å². The summed E-state index contributed by atoms with van der Waals surface area (Å²) in [5, 5.41) is 11.3. The van der Waals surface area contributed by atoms with E-state index < -0.39 is 11.9 Å². The second-order valence-corrected chi connectivity index (χ2v) is 4.95. The molecule has 0 saturated carbocycles. The van der Waals surface area contributed by atoms with Crippen molar-refractivity contribution in [3.05, 3.63) is 35.4 Å². The van der Waals surface area contributed by atoms with E-state index in [0.29, 0.717) is 17.5 Å². The molecule has 0 saturated heterocycles. The van der Waals surface area contributed by atoms with Crippen LogP contribution in [-0.4, -0.2) is 29.6 Å². The highest BCUT2D eigenvalue weighted by atomic mass is 16.2. The normalized spacial score (nSPS) is 11.4. The van der Waals surface area contributed by atoms with Crippen LogP contribution in [0.4, 0.5) is 0 Å². The summed E-state index contributed by atoms with van der Waals surface area (Å²) in [6.45, 7) is 3.63. The van der Waals surface area contributed by atoms with Crippen molar-refractivity contribution >= 4 is 11.8 Å². The van der Waals surface area contributed by atoms with E-state index >= 15 is 0 Å². The molecule has 0 aliphatic rings. The summed E-state index contributed by atoms with van der Waals surface area (Å²) in [4.78, 5) is 23.4. The predicted octanol–water partition coefficient (Wildman–Crippen LogP) is 0.660. The van der Waals surface area contributed by atoms with Crippen LogP contribution in [0.2, 0.25) is 0 Å². The minimum absolute atomic E-state index is 0.00184. The number of nitrogens with two attached hydrogens (primary N) is 1. The van der Waals surface area contributed by atoms with E-state index in [1.165, 1.54) is 0 Å². The molecule has 0 aliphatic carbocycles. The van der Waals surface area contributed by atoms with E-state index in [2.05, 4.69) is 17.2 Å². The van der Waals surface area contributed by atoms with Gasteiger partial charge in [0.1, 0.15) is 6.04 Å². The van der Waals surface area contributed by atoms with E-state index in [0.717, 1.165) is 0 Å². The lowest BCUT2D eigenvalue weighted by molar-refractivity contribution is -0.120. The van der Waals surface area contributed by atoms with Gasteiger partial charge in [0.05, 0.1) is 6.61 Å². The molecule has 0 heterocycles. The standard InChI is InChI=1S/C16H20N2O3/c1-11(2)14(15(17)20)18-16(21)13-8-5-7-12(10-13)6-3-4-9-19/h5,7-8,10-11,14,19H,4,9H2,1-2H3,(H2,17,20)(H,18,21). The molecule has 5 nitrogen and oxygen atoms in total. The number of hydrogen-bond donors (Lipinski definition) is 3. The average molecular weight is 288 g/mol. The van der Waals surface area contributed by atoms with Crippen molar-refractivity contribution in [1.29, 1.82) is 0 Å². The molecule has 1 rings (SSSR count). The zero-order valence-corrected chi connectivity index (χ0v) is 12.2. The van der Waals surface area contributed by atoms with Crippen LogP contribution in [0.1, 0.15) is 36.2 Å². The Kier molecular flexibility index (Phi) is 6.44. The number of aliphatic hydroxyl groups is 1. The highest BCUT2D eigenvalue weighted by molar-refractivity contribution is 5.97. The largest absolute Gasteiger partial charge is 0.395 e. The number of nitrogens with one attached hydrogen (secondary N) is 1. The molecule has 1 aromatic rings. The van der Waals surface area contributed by atoms with Crippen molar-refractivity contribution < 1.29 is 14.7 Å². The Labute approximate surface area is 124 Å². The van der Waals surface area contributed by atoms with Crippen LogP contribution >= 0.6 is 0 Å². The van der Waals surface area contributed by atoms with Crippen LogP contribution in [-0.2, 0) is 4.79 Å². The van der Waals surface area contributed by atoms with Gasteiger partial charge in [-0.3, -0.25) is 9.59 Å². The summed E-state index contributed by atoms with van der Waals surface area (Å²) in [7, 11) is 0. The van der Waals surface area contributed by atoms with Gasteiger partial charge in [0.2, 0.25) is 5.91 Å². The Bertz CT molecular complexity index is 570. The summed E-state index contributed by atoms with van der Waals surface area (Å²) in [5.41, 5.74) is 6.37.